The summed E-state index contributed by atoms with van der Waals surface area (Å²) in [6.07, 6.45) is 2.50. The van der Waals surface area contributed by atoms with Crippen LogP contribution < -0.4 is 0 Å². The molecule has 0 aliphatic carbocycles. The van der Waals surface area contributed by atoms with Gasteiger partial charge < -0.3 is 14.7 Å². The van der Waals surface area contributed by atoms with Crippen LogP contribution in [0.25, 0.3) is 0 Å². The van der Waals surface area contributed by atoms with Crippen molar-refractivity contribution in [1.82, 2.24) is 4.90 Å². The zero-order valence-corrected chi connectivity index (χ0v) is 12.9. The predicted molar refractivity (Wildman–Crippen MR) is 82.3 cm³/mol. The van der Waals surface area contributed by atoms with Gasteiger partial charge in [0.25, 0.3) is 5.91 Å². The largest absolute Gasteiger partial charge is 0.396 e. The second kappa shape index (κ2) is 7.39. The quantitative estimate of drug-likeness (QED) is 0.900. The normalized spacial score (nSPS) is 21.4. The molecule has 1 aliphatic heterocycles. The van der Waals surface area contributed by atoms with E-state index in [1.165, 1.54) is 0 Å². The van der Waals surface area contributed by atoms with Crippen molar-refractivity contribution in [3.8, 4) is 6.07 Å². The zero-order valence-electron chi connectivity index (χ0n) is 12.9. The lowest BCUT2D eigenvalue weighted by Gasteiger charge is -2.41. The van der Waals surface area contributed by atoms with Gasteiger partial charge in [-0.15, -0.1) is 0 Å². The number of benzene rings is 1. The van der Waals surface area contributed by atoms with Gasteiger partial charge in [-0.1, -0.05) is 6.07 Å². The summed E-state index contributed by atoms with van der Waals surface area (Å²) in [5.41, 5.74) is 0.728. The van der Waals surface area contributed by atoms with Crippen LogP contribution in [0.2, 0.25) is 0 Å². The van der Waals surface area contributed by atoms with Gasteiger partial charge in [-0.3, -0.25) is 4.79 Å². The Labute approximate surface area is 131 Å². The Morgan fingerprint density at radius 2 is 2.36 bits per heavy atom. The number of aliphatic hydroxyl groups is 1. The molecule has 1 amide bonds. The van der Waals surface area contributed by atoms with Gasteiger partial charge in [0.05, 0.1) is 18.2 Å². The van der Waals surface area contributed by atoms with Crippen molar-refractivity contribution in [1.29, 1.82) is 5.26 Å². The molecular formula is C17H22N2O3. The van der Waals surface area contributed by atoms with Crippen LogP contribution in [-0.4, -0.2) is 49.3 Å². The van der Waals surface area contributed by atoms with Crippen molar-refractivity contribution >= 4 is 5.91 Å². The number of piperidine rings is 1. The van der Waals surface area contributed by atoms with Crippen LogP contribution >= 0.6 is 0 Å². The van der Waals surface area contributed by atoms with Gasteiger partial charge in [0.2, 0.25) is 0 Å². The minimum atomic E-state index is -0.281. The number of aliphatic hydroxyl groups excluding tert-OH is 1. The Bertz CT molecular complexity index is 567. The summed E-state index contributed by atoms with van der Waals surface area (Å²) < 4.78 is 5.13. The first-order valence-electron chi connectivity index (χ1n) is 7.53. The first-order chi connectivity index (χ1) is 10.6. The molecule has 0 saturated carbocycles. The van der Waals surface area contributed by atoms with E-state index in [0.29, 0.717) is 30.8 Å². The number of hydrogen-bond acceptors (Lipinski definition) is 4. The standard InChI is InChI=1S/C17H22N2O3/c1-22-9-7-17(13-20)6-3-8-19(12-17)16(21)15-5-2-4-14(10-15)11-18/h2,4-5,10,20H,3,6-9,12-13H2,1H3/t17-/m0/s1. The fraction of sp³-hybridized carbons (Fsp3) is 0.529. The van der Waals surface area contributed by atoms with E-state index >= 15 is 0 Å². The third-order valence-corrected chi connectivity index (χ3v) is 4.36. The van der Waals surface area contributed by atoms with Crippen molar-refractivity contribution < 1.29 is 14.6 Å². The van der Waals surface area contributed by atoms with Gasteiger partial charge in [-0.25, -0.2) is 0 Å². The monoisotopic (exact) mass is 302 g/mol. The molecule has 1 N–H and O–H groups in total. The lowest BCUT2D eigenvalue weighted by Crippen LogP contribution is -2.48. The second-order valence-corrected chi connectivity index (χ2v) is 5.92. The fourth-order valence-electron chi connectivity index (χ4n) is 3.02. The summed E-state index contributed by atoms with van der Waals surface area (Å²) in [5.74, 6) is -0.0768. The summed E-state index contributed by atoms with van der Waals surface area (Å²) in [6, 6.07) is 8.81. The maximum atomic E-state index is 12.6. The minimum Gasteiger partial charge on any atom is -0.396 e. The molecule has 1 saturated heterocycles. The average Bonchev–Trinajstić information content (AvgIpc) is 2.59. The Balaban J connectivity index is 2.14. The van der Waals surface area contributed by atoms with Gasteiger partial charge in [0.15, 0.2) is 0 Å². The van der Waals surface area contributed by atoms with E-state index in [1.54, 1.807) is 36.3 Å². The molecule has 5 heteroatoms. The number of carbonyl (C=O) groups excluding carboxylic acids is 1. The molecule has 118 valence electrons. The molecular weight excluding hydrogens is 280 g/mol. The molecule has 5 nitrogen and oxygen atoms in total. The van der Waals surface area contributed by atoms with Crippen LogP contribution in [0, 0.1) is 16.7 Å². The summed E-state index contributed by atoms with van der Waals surface area (Å²) >= 11 is 0. The maximum Gasteiger partial charge on any atom is 0.253 e. The van der Waals surface area contributed by atoms with E-state index in [-0.39, 0.29) is 17.9 Å². The second-order valence-electron chi connectivity index (χ2n) is 5.92. The van der Waals surface area contributed by atoms with Crippen LogP contribution in [0.3, 0.4) is 0 Å². The smallest absolute Gasteiger partial charge is 0.253 e. The average molecular weight is 302 g/mol. The number of nitrogens with zero attached hydrogens (tertiary/aromatic N) is 2. The van der Waals surface area contributed by atoms with Crippen molar-refractivity contribution in [3.63, 3.8) is 0 Å². The SMILES string of the molecule is COCC[C@@]1(CO)CCCN(C(=O)c2cccc(C#N)c2)C1. The van der Waals surface area contributed by atoms with Gasteiger partial charge >= 0.3 is 0 Å². The lowest BCUT2D eigenvalue weighted by molar-refractivity contribution is 0.00898. The highest BCUT2D eigenvalue weighted by Gasteiger charge is 2.36. The lowest BCUT2D eigenvalue weighted by atomic mass is 9.78. The van der Waals surface area contributed by atoms with E-state index in [2.05, 4.69) is 6.07 Å². The maximum absolute atomic E-state index is 12.6. The van der Waals surface area contributed by atoms with E-state index in [9.17, 15) is 9.90 Å². The number of hydrogen-bond donors (Lipinski definition) is 1. The molecule has 0 radical (unpaired) electrons. The fourth-order valence-corrected chi connectivity index (χ4v) is 3.02. The number of likely N-dealkylation sites (tertiary alicyclic amines) is 1. The Hall–Kier alpha value is -1.90. The van der Waals surface area contributed by atoms with Crippen molar-refractivity contribution in [2.45, 2.75) is 19.3 Å². The van der Waals surface area contributed by atoms with E-state index in [1.807, 2.05) is 0 Å². The third kappa shape index (κ3) is 3.65. The molecule has 1 aliphatic rings. The predicted octanol–water partition coefficient (Wildman–Crippen LogP) is 1.81. The summed E-state index contributed by atoms with van der Waals surface area (Å²) in [5, 5.41) is 18.7. The highest BCUT2D eigenvalue weighted by atomic mass is 16.5. The summed E-state index contributed by atoms with van der Waals surface area (Å²) in [7, 11) is 1.64. The van der Waals surface area contributed by atoms with Crippen LogP contribution in [-0.2, 0) is 4.74 Å². The third-order valence-electron chi connectivity index (χ3n) is 4.36. The number of nitriles is 1. The minimum absolute atomic E-state index is 0.0539. The van der Waals surface area contributed by atoms with Crippen LogP contribution in [0.4, 0.5) is 0 Å². The highest BCUT2D eigenvalue weighted by Crippen LogP contribution is 2.33. The van der Waals surface area contributed by atoms with Gasteiger partial charge in [-0.2, -0.15) is 5.26 Å². The van der Waals surface area contributed by atoms with Crippen molar-refractivity contribution in [3.05, 3.63) is 35.4 Å². The molecule has 22 heavy (non-hydrogen) atoms. The molecule has 1 heterocycles. The molecule has 0 bridgehead atoms. The van der Waals surface area contributed by atoms with Crippen LogP contribution in [0.5, 0.6) is 0 Å². The van der Waals surface area contributed by atoms with E-state index in [4.69, 9.17) is 10.00 Å². The Kier molecular flexibility index (Phi) is 5.53. The summed E-state index contributed by atoms with van der Waals surface area (Å²) in [4.78, 5) is 14.4. The van der Waals surface area contributed by atoms with Crippen LogP contribution in [0.1, 0.15) is 35.2 Å². The molecule has 1 aromatic carbocycles. The zero-order chi connectivity index (χ0) is 16.0. The van der Waals surface area contributed by atoms with Gasteiger partial charge in [-0.05, 0) is 37.5 Å². The van der Waals surface area contributed by atoms with Crippen molar-refractivity contribution in [2.24, 2.45) is 5.41 Å². The molecule has 1 atom stereocenters. The molecule has 0 unspecified atom stereocenters. The number of amides is 1. The number of methoxy groups -OCH3 is 1. The van der Waals surface area contributed by atoms with Gasteiger partial charge in [0.1, 0.15) is 0 Å². The first kappa shape index (κ1) is 16.5. The molecule has 0 spiro atoms. The number of carbonyl (C=O) groups is 1. The van der Waals surface area contributed by atoms with Crippen LogP contribution in [0.15, 0.2) is 24.3 Å². The van der Waals surface area contributed by atoms with E-state index in [0.717, 1.165) is 19.3 Å². The van der Waals surface area contributed by atoms with Gasteiger partial charge in [0, 0.05) is 37.8 Å². The molecule has 1 fully saturated rings. The Morgan fingerprint density at radius 1 is 1.55 bits per heavy atom. The molecule has 2 rings (SSSR count). The topological polar surface area (TPSA) is 73.6 Å². The number of rotatable bonds is 5. The number of ether oxygens (including phenoxy) is 1. The van der Waals surface area contributed by atoms with E-state index < -0.39 is 0 Å². The Morgan fingerprint density at radius 3 is 3.05 bits per heavy atom. The van der Waals surface area contributed by atoms with Crippen molar-refractivity contribution in [2.75, 3.05) is 33.4 Å². The summed E-state index contributed by atoms with van der Waals surface area (Å²) in [6.45, 7) is 1.84. The molecule has 1 aromatic rings. The first-order valence-corrected chi connectivity index (χ1v) is 7.53. The highest BCUT2D eigenvalue weighted by molar-refractivity contribution is 5.94. The molecule has 0 aromatic heterocycles.